The molecule has 0 atom stereocenters. The number of para-hydroxylation sites is 2. The second-order valence-corrected chi connectivity index (χ2v) is 19.3. The summed E-state index contributed by atoms with van der Waals surface area (Å²) >= 11 is 0. The summed E-state index contributed by atoms with van der Waals surface area (Å²) in [5.74, 6) is 0. The summed E-state index contributed by atoms with van der Waals surface area (Å²) in [4.78, 5) is 2.42. The summed E-state index contributed by atoms with van der Waals surface area (Å²) in [5.41, 5.74) is 26.6. The molecule has 13 rings (SSSR count). The minimum atomic E-state index is 1.13. The maximum atomic E-state index is 2.42. The molecule has 0 saturated heterocycles. The lowest BCUT2D eigenvalue weighted by Crippen LogP contribution is -2.15. The number of hydrogen-bond donors (Lipinski definition) is 0. The van der Waals surface area contributed by atoms with E-state index in [9.17, 15) is 0 Å². The Balaban J connectivity index is 0.883. The summed E-state index contributed by atoms with van der Waals surface area (Å²) in [6.07, 6.45) is 9.58. The van der Waals surface area contributed by atoms with Gasteiger partial charge in [0.05, 0.1) is 11.0 Å². The second kappa shape index (κ2) is 18.0. The van der Waals surface area contributed by atoms with Crippen molar-refractivity contribution >= 4 is 38.9 Å². The molecule has 2 aliphatic carbocycles. The van der Waals surface area contributed by atoms with E-state index in [1.807, 2.05) is 0 Å². The van der Waals surface area contributed by atoms with Crippen molar-refractivity contribution in [1.29, 1.82) is 0 Å². The minimum Gasteiger partial charge on any atom is -0.311 e. The number of aromatic nitrogens is 1. The molecular weight excluding hydrogens is 845 g/mol. The van der Waals surface area contributed by atoms with E-state index in [1.165, 1.54) is 109 Å². The van der Waals surface area contributed by atoms with Gasteiger partial charge in [-0.15, -0.1) is 0 Å². The van der Waals surface area contributed by atoms with Crippen molar-refractivity contribution in [2.24, 2.45) is 0 Å². The Labute approximate surface area is 411 Å². The van der Waals surface area contributed by atoms with Crippen LogP contribution in [0.5, 0.6) is 0 Å². The van der Waals surface area contributed by atoms with Gasteiger partial charge in [-0.1, -0.05) is 164 Å². The number of anilines is 3. The number of hydrogen-bond acceptors (Lipinski definition) is 1. The zero-order chi connectivity index (χ0) is 46.4. The first kappa shape index (κ1) is 41.9. The van der Waals surface area contributed by atoms with Crippen molar-refractivity contribution in [2.45, 2.75) is 51.4 Å². The van der Waals surface area contributed by atoms with Gasteiger partial charge in [0.15, 0.2) is 0 Å². The fourth-order valence-corrected chi connectivity index (χ4v) is 11.9. The monoisotopic (exact) mass is 898 g/mol. The molecule has 10 aromatic carbocycles. The molecule has 0 spiro atoms. The van der Waals surface area contributed by atoms with Gasteiger partial charge in [0.25, 0.3) is 0 Å². The predicted molar refractivity (Wildman–Crippen MR) is 296 cm³/mol. The number of fused-ring (bicyclic) bond motifs is 5. The van der Waals surface area contributed by atoms with Crippen LogP contribution in [-0.2, 0) is 25.7 Å². The molecule has 2 nitrogen and oxygen atoms in total. The third-order valence-electron chi connectivity index (χ3n) is 15.2. The molecule has 11 aromatic rings. The summed E-state index contributed by atoms with van der Waals surface area (Å²) in [7, 11) is 0. The van der Waals surface area contributed by atoms with E-state index in [0.717, 1.165) is 42.7 Å². The van der Waals surface area contributed by atoms with Crippen molar-refractivity contribution in [3.05, 3.63) is 253 Å². The van der Waals surface area contributed by atoms with E-state index in [2.05, 4.69) is 240 Å². The lowest BCUT2D eigenvalue weighted by atomic mass is 9.73. The first-order chi connectivity index (χ1) is 34.7. The Bertz CT molecular complexity index is 3610. The zero-order valence-corrected chi connectivity index (χ0v) is 39.5. The molecule has 1 aromatic heterocycles. The van der Waals surface area contributed by atoms with Crippen molar-refractivity contribution in [2.75, 3.05) is 4.90 Å². The van der Waals surface area contributed by atoms with E-state index < -0.39 is 0 Å². The molecule has 336 valence electrons. The van der Waals surface area contributed by atoms with Gasteiger partial charge in [-0.05, 0) is 196 Å². The molecule has 0 radical (unpaired) electrons. The highest BCUT2D eigenvalue weighted by Crippen LogP contribution is 2.47. The highest BCUT2D eigenvalue weighted by molar-refractivity contribution is 6.10. The molecule has 0 fully saturated rings. The van der Waals surface area contributed by atoms with Crippen LogP contribution in [0.25, 0.3) is 83.1 Å². The normalized spacial score (nSPS) is 13.3. The smallest absolute Gasteiger partial charge is 0.0541 e. The predicted octanol–water partition coefficient (Wildman–Crippen LogP) is 18.3. The Morgan fingerprint density at radius 3 is 1.10 bits per heavy atom. The maximum absolute atomic E-state index is 2.42. The van der Waals surface area contributed by atoms with Crippen molar-refractivity contribution < 1.29 is 0 Å². The molecule has 70 heavy (non-hydrogen) atoms. The van der Waals surface area contributed by atoms with Gasteiger partial charge in [-0.25, -0.2) is 0 Å². The number of rotatable bonds is 9. The van der Waals surface area contributed by atoms with E-state index >= 15 is 0 Å². The lowest BCUT2D eigenvalue weighted by Gasteiger charge is -2.32. The fraction of sp³-hybridized carbons (Fsp3) is 0.118. The van der Waals surface area contributed by atoms with Gasteiger partial charge in [-0.2, -0.15) is 0 Å². The van der Waals surface area contributed by atoms with E-state index in [0.29, 0.717) is 0 Å². The largest absolute Gasteiger partial charge is 0.311 e. The Morgan fingerprint density at radius 1 is 0.271 bits per heavy atom. The first-order valence-corrected chi connectivity index (χ1v) is 25.3. The zero-order valence-electron chi connectivity index (χ0n) is 39.5. The number of benzene rings is 10. The van der Waals surface area contributed by atoms with Crippen molar-refractivity contribution in [3.63, 3.8) is 0 Å². The maximum Gasteiger partial charge on any atom is 0.0541 e. The molecule has 0 saturated carbocycles. The number of nitrogens with zero attached hydrogens (tertiary/aromatic N) is 2. The summed E-state index contributed by atoms with van der Waals surface area (Å²) in [6, 6.07) is 85.2. The van der Waals surface area contributed by atoms with Gasteiger partial charge >= 0.3 is 0 Å². The van der Waals surface area contributed by atoms with Gasteiger partial charge in [-0.3, -0.25) is 0 Å². The molecule has 2 heteroatoms. The average molecular weight is 899 g/mol. The summed E-state index contributed by atoms with van der Waals surface area (Å²) in [6.45, 7) is 0. The van der Waals surface area contributed by atoms with Crippen LogP contribution in [0.4, 0.5) is 17.1 Å². The molecular formula is C68H54N2. The van der Waals surface area contributed by atoms with Gasteiger partial charge < -0.3 is 9.47 Å². The Kier molecular flexibility index (Phi) is 10.8. The molecule has 0 N–H and O–H groups in total. The fourth-order valence-electron chi connectivity index (χ4n) is 11.9. The highest BCUT2D eigenvalue weighted by Gasteiger charge is 2.28. The van der Waals surface area contributed by atoms with Crippen LogP contribution < -0.4 is 4.90 Å². The molecule has 0 aliphatic heterocycles. The van der Waals surface area contributed by atoms with Gasteiger partial charge in [0.1, 0.15) is 0 Å². The summed E-state index contributed by atoms with van der Waals surface area (Å²) in [5, 5.41) is 2.52. The van der Waals surface area contributed by atoms with Crippen LogP contribution in [0, 0.1) is 0 Å². The SMILES string of the molecule is c1ccc(-c2ccc(-c3c4c(c(-c5ccc(N(c6ccc(-c7ccccc7)cc6)c6ccc(-c7ccc8c(c7)c7ccccc7n8-c7ccccc7)cc6)cc5)c5c3CCCC5)CCCC4)cc2)cc1. The standard InChI is InChI=1S/C68H54N2/c1-4-16-47(17-5-1)49-28-30-52(31-29-49)67-60-23-10-12-25-62(60)68(63-26-13-11-24-61(63)67)53-36-43-58(44-37-53)69(56-39-32-50(33-40-56)48-18-6-2-7-19-48)57-41-34-51(35-42-57)54-38-45-66-64(46-54)59-22-14-15-27-65(59)70(66)55-20-8-3-9-21-55/h1-9,14-22,27-46H,10-13,23-26H2. The van der Waals surface area contributed by atoms with Gasteiger partial charge in [0.2, 0.25) is 0 Å². The first-order valence-electron chi connectivity index (χ1n) is 25.3. The van der Waals surface area contributed by atoms with Crippen LogP contribution in [0.15, 0.2) is 231 Å². The third-order valence-corrected chi connectivity index (χ3v) is 15.2. The third kappa shape index (κ3) is 7.52. The van der Waals surface area contributed by atoms with Crippen molar-refractivity contribution in [3.8, 4) is 61.3 Å². The van der Waals surface area contributed by atoms with Crippen molar-refractivity contribution in [1.82, 2.24) is 4.57 Å². The Hall–Kier alpha value is -8.20. The van der Waals surface area contributed by atoms with Crippen LogP contribution in [0.3, 0.4) is 0 Å². The molecule has 2 aliphatic rings. The van der Waals surface area contributed by atoms with Crippen LogP contribution in [0.1, 0.15) is 47.9 Å². The van der Waals surface area contributed by atoms with Gasteiger partial charge in [0, 0.05) is 33.5 Å². The lowest BCUT2D eigenvalue weighted by molar-refractivity contribution is 0.662. The molecule has 1 heterocycles. The molecule has 0 unspecified atom stereocenters. The van der Waals surface area contributed by atoms with E-state index in [4.69, 9.17) is 0 Å². The topological polar surface area (TPSA) is 8.17 Å². The molecule has 0 bridgehead atoms. The van der Waals surface area contributed by atoms with Crippen LogP contribution in [-0.4, -0.2) is 4.57 Å². The Morgan fingerprint density at radius 2 is 0.614 bits per heavy atom. The second-order valence-electron chi connectivity index (χ2n) is 19.3. The molecule has 0 amide bonds. The van der Waals surface area contributed by atoms with E-state index in [1.54, 1.807) is 22.3 Å². The highest BCUT2D eigenvalue weighted by atomic mass is 15.1. The van der Waals surface area contributed by atoms with Crippen LogP contribution >= 0.6 is 0 Å². The average Bonchev–Trinajstić information content (AvgIpc) is 3.77. The minimum absolute atomic E-state index is 1.13. The van der Waals surface area contributed by atoms with E-state index in [-0.39, 0.29) is 0 Å². The quantitative estimate of drug-likeness (QED) is 0.140. The van der Waals surface area contributed by atoms with Crippen LogP contribution in [0.2, 0.25) is 0 Å². The summed E-state index contributed by atoms with van der Waals surface area (Å²) < 4.78 is 2.38.